The molecule has 1 aromatic carbocycles. The second kappa shape index (κ2) is 3.33. The number of rotatable bonds is 1. The molecular formula is C9H4BrFO2S. The van der Waals surface area contributed by atoms with Crippen molar-refractivity contribution in [2.24, 2.45) is 0 Å². The Bertz CT molecular complexity index is 521. The van der Waals surface area contributed by atoms with E-state index in [9.17, 15) is 9.18 Å². The minimum absolute atomic E-state index is 0.299. The Morgan fingerprint density at radius 2 is 2.29 bits per heavy atom. The zero-order chi connectivity index (χ0) is 10.3. The van der Waals surface area contributed by atoms with E-state index in [2.05, 4.69) is 15.9 Å². The summed E-state index contributed by atoms with van der Waals surface area (Å²) in [4.78, 5) is 10.7. The first-order valence-corrected chi connectivity index (χ1v) is 5.37. The minimum Gasteiger partial charge on any atom is -0.478 e. The number of hydrogen-bond donors (Lipinski definition) is 1. The van der Waals surface area contributed by atoms with Gasteiger partial charge >= 0.3 is 5.97 Å². The summed E-state index contributed by atoms with van der Waals surface area (Å²) < 4.78 is 14.5. The molecule has 0 aliphatic heterocycles. The first kappa shape index (κ1) is 9.61. The van der Waals surface area contributed by atoms with E-state index in [0.29, 0.717) is 14.6 Å². The van der Waals surface area contributed by atoms with Gasteiger partial charge < -0.3 is 5.11 Å². The first-order chi connectivity index (χ1) is 6.61. The van der Waals surface area contributed by atoms with Crippen LogP contribution in [0.3, 0.4) is 0 Å². The largest absolute Gasteiger partial charge is 0.478 e. The van der Waals surface area contributed by atoms with Gasteiger partial charge in [0.05, 0.1) is 10.3 Å². The second-order valence-corrected chi connectivity index (χ2v) is 4.46. The number of hydrogen-bond acceptors (Lipinski definition) is 2. The summed E-state index contributed by atoms with van der Waals surface area (Å²) in [6.07, 6.45) is 0. The molecule has 5 heteroatoms. The van der Waals surface area contributed by atoms with Crippen LogP contribution < -0.4 is 0 Å². The Hall–Kier alpha value is -0.940. The molecule has 0 unspecified atom stereocenters. The summed E-state index contributed by atoms with van der Waals surface area (Å²) in [7, 11) is 0. The van der Waals surface area contributed by atoms with Gasteiger partial charge in [0.25, 0.3) is 0 Å². The Balaban J connectivity index is 2.88. The summed E-state index contributed by atoms with van der Waals surface area (Å²) >= 11 is 4.40. The highest BCUT2D eigenvalue weighted by molar-refractivity contribution is 9.10. The number of carboxylic acid groups (broad SMARTS) is 1. The highest BCUT2D eigenvalue weighted by Gasteiger charge is 2.16. The standard InChI is InChI=1S/C9H4BrFO2S/c10-6-3-5(9(12)13)7(11)8-4(6)1-2-14-8/h1-3H,(H,12,13). The zero-order valence-corrected chi connectivity index (χ0v) is 9.15. The van der Waals surface area contributed by atoms with Crippen molar-refractivity contribution < 1.29 is 14.3 Å². The lowest BCUT2D eigenvalue weighted by Gasteiger charge is -2.00. The van der Waals surface area contributed by atoms with Crippen molar-refractivity contribution >= 4 is 43.3 Å². The summed E-state index contributed by atoms with van der Waals surface area (Å²) in [5.41, 5.74) is -0.299. The van der Waals surface area contributed by atoms with Crippen molar-refractivity contribution in [3.63, 3.8) is 0 Å². The van der Waals surface area contributed by atoms with Crippen molar-refractivity contribution in [2.75, 3.05) is 0 Å². The van der Waals surface area contributed by atoms with Crippen LogP contribution in [0.5, 0.6) is 0 Å². The number of carbonyl (C=O) groups is 1. The Labute approximate surface area is 91.1 Å². The first-order valence-electron chi connectivity index (χ1n) is 3.69. The number of thiophene rings is 1. The quantitative estimate of drug-likeness (QED) is 0.864. The number of aromatic carboxylic acids is 1. The van der Waals surface area contributed by atoms with Crippen LogP contribution in [0.4, 0.5) is 4.39 Å². The summed E-state index contributed by atoms with van der Waals surface area (Å²) in [6.45, 7) is 0. The lowest BCUT2D eigenvalue weighted by Crippen LogP contribution is -2.00. The maximum absolute atomic E-state index is 13.5. The fourth-order valence-electron chi connectivity index (χ4n) is 1.21. The molecule has 14 heavy (non-hydrogen) atoms. The van der Waals surface area contributed by atoms with E-state index < -0.39 is 11.8 Å². The second-order valence-electron chi connectivity index (χ2n) is 2.69. The van der Waals surface area contributed by atoms with Gasteiger partial charge in [0, 0.05) is 9.86 Å². The van der Waals surface area contributed by atoms with Gasteiger partial charge in [-0.25, -0.2) is 9.18 Å². The third-order valence-electron chi connectivity index (χ3n) is 1.86. The Morgan fingerprint density at radius 3 is 2.93 bits per heavy atom. The van der Waals surface area contributed by atoms with Gasteiger partial charge in [-0.2, -0.15) is 0 Å². The van der Waals surface area contributed by atoms with Gasteiger partial charge in [-0.15, -0.1) is 11.3 Å². The molecule has 0 saturated heterocycles. The highest BCUT2D eigenvalue weighted by atomic mass is 79.9. The molecule has 0 amide bonds. The lowest BCUT2D eigenvalue weighted by molar-refractivity contribution is 0.0692. The lowest BCUT2D eigenvalue weighted by atomic mass is 10.1. The van der Waals surface area contributed by atoms with Crippen LogP contribution in [0.1, 0.15) is 10.4 Å². The van der Waals surface area contributed by atoms with Crippen molar-refractivity contribution in [3.8, 4) is 0 Å². The summed E-state index contributed by atoms with van der Waals surface area (Å²) in [5, 5.41) is 11.2. The molecule has 2 rings (SSSR count). The molecule has 0 fully saturated rings. The molecule has 0 spiro atoms. The van der Waals surface area contributed by atoms with Crippen LogP contribution in [-0.4, -0.2) is 11.1 Å². The SMILES string of the molecule is O=C(O)c1cc(Br)c2ccsc2c1F. The predicted molar refractivity (Wildman–Crippen MR) is 56.4 cm³/mol. The van der Waals surface area contributed by atoms with Gasteiger partial charge in [0.2, 0.25) is 0 Å². The molecule has 0 aliphatic carbocycles. The fraction of sp³-hybridized carbons (Fsp3) is 0. The van der Waals surface area contributed by atoms with E-state index >= 15 is 0 Å². The minimum atomic E-state index is -1.25. The molecule has 1 aromatic heterocycles. The number of fused-ring (bicyclic) bond motifs is 1. The predicted octanol–water partition coefficient (Wildman–Crippen LogP) is 3.50. The van der Waals surface area contributed by atoms with E-state index in [1.807, 2.05) is 0 Å². The monoisotopic (exact) mass is 274 g/mol. The van der Waals surface area contributed by atoms with E-state index in [1.54, 1.807) is 11.4 Å². The summed E-state index contributed by atoms with van der Waals surface area (Å²) in [5.74, 6) is -1.91. The van der Waals surface area contributed by atoms with Crippen LogP contribution in [0.25, 0.3) is 10.1 Å². The van der Waals surface area contributed by atoms with Crippen LogP contribution in [0.15, 0.2) is 22.0 Å². The number of benzene rings is 1. The molecule has 72 valence electrons. The Morgan fingerprint density at radius 1 is 1.57 bits per heavy atom. The summed E-state index contributed by atoms with van der Waals surface area (Å²) in [6, 6.07) is 3.03. The average molecular weight is 275 g/mol. The molecule has 0 atom stereocenters. The van der Waals surface area contributed by atoms with Gasteiger partial charge in [0.15, 0.2) is 5.82 Å². The fourth-order valence-corrected chi connectivity index (χ4v) is 2.76. The average Bonchev–Trinajstić information content (AvgIpc) is 2.59. The topological polar surface area (TPSA) is 37.3 Å². The van der Waals surface area contributed by atoms with Crippen LogP contribution in [-0.2, 0) is 0 Å². The molecule has 0 radical (unpaired) electrons. The van der Waals surface area contributed by atoms with Gasteiger partial charge in [-0.3, -0.25) is 0 Å². The Kier molecular flexibility index (Phi) is 2.28. The van der Waals surface area contributed by atoms with E-state index in [1.165, 1.54) is 17.4 Å². The molecule has 2 nitrogen and oxygen atoms in total. The molecule has 0 aliphatic rings. The highest BCUT2D eigenvalue weighted by Crippen LogP contribution is 2.32. The van der Waals surface area contributed by atoms with Crippen LogP contribution in [0.2, 0.25) is 0 Å². The van der Waals surface area contributed by atoms with Crippen LogP contribution >= 0.6 is 27.3 Å². The number of carboxylic acids is 1. The maximum Gasteiger partial charge on any atom is 0.338 e. The van der Waals surface area contributed by atoms with Gasteiger partial charge in [-0.05, 0) is 17.5 Å². The molecular weight excluding hydrogens is 271 g/mol. The van der Waals surface area contributed by atoms with Crippen molar-refractivity contribution in [1.29, 1.82) is 0 Å². The molecule has 0 saturated carbocycles. The molecule has 1 heterocycles. The van der Waals surface area contributed by atoms with Gasteiger partial charge in [-0.1, -0.05) is 15.9 Å². The van der Waals surface area contributed by atoms with Crippen LogP contribution in [0, 0.1) is 5.82 Å². The van der Waals surface area contributed by atoms with Crippen molar-refractivity contribution in [2.45, 2.75) is 0 Å². The molecule has 2 aromatic rings. The van der Waals surface area contributed by atoms with Crippen molar-refractivity contribution in [3.05, 3.63) is 33.4 Å². The molecule has 0 bridgehead atoms. The number of halogens is 2. The maximum atomic E-state index is 13.5. The van der Waals surface area contributed by atoms with E-state index in [4.69, 9.17) is 5.11 Å². The normalized spacial score (nSPS) is 10.7. The van der Waals surface area contributed by atoms with Crippen molar-refractivity contribution in [1.82, 2.24) is 0 Å². The third-order valence-corrected chi connectivity index (χ3v) is 3.42. The molecule has 1 N–H and O–H groups in total. The smallest absolute Gasteiger partial charge is 0.338 e. The van der Waals surface area contributed by atoms with E-state index in [-0.39, 0.29) is 5.56 Å². The van der Waals surface area contributed by atoms with E-state index in [0.717, 1.165) is 0 Å². The van der Waals surface area contributed by atoms with Gasteiger partial charge in [0.1, 0.15) is 0 Å². The zero-order valence-electron chi connectivity index (χ0n) is 6.75. The third kappa shape index (κ3) is 1.33.